The van der Waals surface area contributed by atoms with Crippen molar-refractivity contribution in [2.75, 3.05) is 14.1 Å². The van der Waals surface area contributed by atoms with Crippen LogP contribution in [0.5, 0.6) is 5.75 Å². The number of carbonyl (C=O) groups excluding carboxylic acids is 1. The predicted octanol–water partition coefficient (Wildman–Crippen LogP) is 1.04. The number of amides is 1. The number of benzene rings is 1. The van der Waals surface area contributed by atoms with Crippen LogP contribution in [0.4, 0.5) is 5.69 Å². The van der Waals surface area contributed by atoms with Crippen molar-refractivity contribution in [2.45, 2.75) is 6.54 Å². The molecule has 0 saturated heterocycles. The fraction of sp³-hybridized carbons (Fsp3) is 0.167. The average molecular weight is 381 g/mol. The zero-order valence-corrected chi connectivity index (χ0v) is 15.3. The van der Waals surface area contributed by atoms with Gasteiger partial charge in [0, 0.05) is 14.1 Å². The van der Waals surface area contributed by atoms with Crippen molar-refractivity contribution >= 4 is 34.9 Å². The second-order valence-electron chi connectivity index (χ2n) is 6.02. The van der Waals surface area contributed by atoms with Crippen LogP contribution in [0.2, 0.25) is 0 Å². The van der Waals surface area contributed by atoms with Crippen LogP contribution in [0.1, 0.15) is 16.1 Å². The van der Waals surface area contributed by atoms with Gasteiger partial charge in [0.05, 0.1) is 18.4 Å². The number of furan rings is 1. The van der Waals surface area contributed by atoms with E-state index in [0.29, 0.717) is 5.76 Å². The highest BCUT2D eigenvalue weighted by atomic mass is 16.3. The maximum Gasteiger partial charge on any atom is 0.257 e. The predicted molar refractivity (Wildman–Crippen MR) is 106 cm³/mol. The molecular formula is C18H19N7O3. The molecule has 10 heteroatoms. The fourth-order valence-electron chi connectivity index (χ4n) is 2.33. The summed E-state index contributed by atoms with van der Waals surface area (Å²) in [6.45, 7) is 0.193. The number of hydrogen-bond donors (Lipinski definition) is 3. The number of amidine groups is 4. The quantitative estimate of drug-likeness (QED) is 0.721. The van der Waals surface area contributed by atoms with Crippen molar-refractivity contribution in [2.24, 2.45) is 31.4 Å². The maximum atomic E-state index is 12.2. The number of phenols is 1. The number of phenolic OH excluding ortho intramolecular Hbond substituents is 1. The molecule has 3 rings (SSSR count). The summed E-state index contributed by atoms with van der Waals surface area (Å²) in [7, 11) is 3.17. The normalized spacial score (nSPS) is 16.8. The van der Waals surface area contributed by atoms with Gasteiger partial charge in [-0.1, -0.05) is 6.07 Å². The summed E-state index contributed by atoms with van der Waals surface area (Å²) >= 11 is 0. The Labute approximate surface area is 160 Å². The van der Waals surface area contributed by atoms with Crippen molar-refractivity contribution in [3.63, 3.8) is 0 Å². The number of nitrogens with two attached hydrogens (primary N) is 2. The maximum absolute atomic E-state index is 12.2. The molecule has 2 heterocycles. The highest BCUT2D eigenvalue weighted by Crippen LogP contribution is 2.31. The lowest BCUT2D eigenvalue weighted by molar-refractivity contribution is 0.0824. The molecule has 10 nitrogen and oxygen atoms in total. The van der Waals surface area contributed by atoms with Gasteiger partial charge in [-0.05, 0) is 24.3 Å². The Bertz CT molecular complexity index is 1020. The van der Waals surface area contributed by atoms with Crippen molar-refractivity contribution < 1.29 is 14.3 Å². The summed E-state index contributed by atoms with van der Waals surface area (Å²) in [5, 5.41) is 10.5. The first kappa shape index (κ1) is 18.8. The SMILES string of the molecule is CN(C)C(=O)c1cccc(N=C2N=C(N)C(N)=NC2=NCc2ccco2)c1O. The first-order valence-corrected chi connectivity index (χ1v) is 8.25. The lowest BCUT2D eigenvalue weighted by Gasteiger charge is -2.13. The van der Waals surface area contributed by atoms with Crippen molar-refractivity contribution in [1.29, 1.82) is 0 Å². The summed E-state index contributed by atoms with van der Waals surface area (Å²) in [5.41, 5.74) is 11.7. The summed E-state index contributed by atoms with van der Waals surface area (Å²) in [5.74, 6) is 0.156. The third-order valence-electron chi connectivity index (χ3n) is 3.76. The lowest BCUT2D eigenvalue weighted by Crippen LogP contribution is -2.37. The molecule has 1 aliphatic heterocycles. The molecule has 1 amide bonds. The van der Waals surface area contributed by atoms with Crippen LogP contribution in [-0.2, 0) is 6.54 Å². The molecule has 0 unspecified atom stereocenters. The minimum atomic E-state index is -0.361. The van der Waals surface area contributed by atoms with Crippen LogP contribution in [-0.4, -0.2) is 53.4 Å². The topological polar surface area (TPSA) is 155 Å². The van der Waals surface area contributed by atoms with E-state index in [-0.39, 0.29) is 52.8 Å². The zero-order chi connectivity index (χ0) is 20.3. The van der Waals surface area contributed by atoms with Crippen LogP contribution in [0.25, 0.3) is 0 Å². The summed E-state index contributed by atoms with van der Waals surface area (Å²) < 4.78 is 5.24. The molecule has 5 N–H and O–H groups in total. The molecule has 0 saturated carbocycles. The van der Waals surface area contributed by atoms with E-state index in [1.807, 2.05) is 0 Å². The summed E-state index contributed by atoms with van der Waals surface area (Å²) in [6.07, 6.45) is 1.53. The van der Waals surface area contributed by atoms with E-state index in [1.54, 1.807) is 32.3 Å². The molecule has 0 atom stereocenters. The van der Waals surface area contributed by atoms with Gasteiger partial charge in [-0.15, -0.1) is 0 Å². The molecule has 144 valence electrons. The van der Waals surface area contributed by atoms with Gasteiger partial charge < -0.3 is 25.9 Å². The molecule has 1 aliphatic rings. The molecule has 0 radical (unpaired) electrons. The van der Waals surface area contributed by atoms with Gasteiger partial charge in [0.2, 0.25) is 0 Å². The van der Waals surface area contributed by atoms with Gasteiger partial charge in [0.1, 0.15) is 11.4 Å². The summed E-state index contributed by atoms with van der Waals surface area (Å²) in [4.78, 5) is 30.4. The Morgan fingerprint density at radius 1 is 1.14 bits per heavy atom. The average Bonchev–Trinajstić information content (AvgIpc) is 3.18. The smallest absolute Gasteiger partial charge is 0.257 e. The monoisotopic (exact) mass is 381 g/mol. The number of carbonyl (C=O) groups is 1. The van der Waals surface area contributed by atoms with Crippen LogP contribution >= 0.6 is 0 Å². The zero-order valence-electron chi connectivity index (χ0n) is 15.3. The molecule has 1 aromatic carbocycles. The number of rotatable bonds is 4. The van der Waals surface area contributed by atoms with Crippen LogP contribution in [0.15, 0.2) is 61.0 Å². The van der Waals surface area contributed by atoms with Crippen molar-refractivity contribution in [3.8, 4) is 5.75 Å². The van der Waals surface area contributed by atoms with E-state index in [4.69, 9.17) is 15.9 Å². The first-order chi connectivity index (χ1) is 13.4. The minimum Gasteiger partial charge on any atom is -0.505 e. The van der Waals surface area contributed by atoms with Crippen molar-refractivity contribution in [3.05, 3.63) is 47.9 Å². The van der Waals surface area contributed by atoms with E-state index in [2.05, 4.69) is 20.0 Å². The molecule has 28 heavy (non-hydrogen) atoms. The van der Waals surface area contributed by atoms with Gasteiger partial charge in [-0.25, -0.2) is 15.0 Å². The van der Waals surface area contributed by atoms with Gasteiger partial charge in [0.25, 0.3) is 5.91 Å². The highest BCUT2D eigenvalue weighted by molar-refractivity contribution is 6.55. The first-order valence-electron chi connectivity index (χ1n) is 8.25. The molecule has 0 spiro atoms. The molecule has 0 bridgehead atoms. The van der Waals surface area contributed by atoms with Gasteiger partial charge in [-0.2, -0.15) is 0 Å². The Hall–Kier alpha value is -3.95. The number of aliphatic imine (C=N–C) groups is 4. The van der Waals surface area contributed by atoms with Gasteiger partial charge >= 0.3 is 0 Å². The Kier molecular flexibility index (Phi) is 5.21. The van der Waals surface area contributed by atoms with Crippen LogP contribution < -0.4 is 11.5 Å². The number of nitrogens with zero attached hydrogens (tertiary/aromatic N) is 5. The fourth-order valence-corrected chi connectivity index (χ4v) is 2.33. The largest absolute Gasteiger partial charge is 0.505 e. The van der Waals surface area contributed by atoms with Crippen molar-refractivity contribution in [1.82, 2.24) is 4.90 Å². The van der Waals surface area contributed by atoms with Gasteiger partial charge in [0.15, 0.2) is 29.1 Å². The van der Waals surface area contributed by atoms with Crippen LogP contribution in [0.3, 0.4) is 0 Å². The Balaban J connectivity index is 2.02. The van der Waals surface area contributed by atoms with E-state index in [9.17, 15) is 9.90 Å². The van der Waals surface area contributed by atoms with Gasteiger partial charge in [-0.3, -0.25) is 9.79 Å². The van der Waals surface area contributed by atoms with E-state index in [0.717, 1.165) is 0 Å². The third kappa shape index (κ3) is 3.90. The van der Waals surface area contributed by atoms with Crippen LogP contribution in [0, 0.1) is 0 Å². The second-order valence-corrected chi connectivity index (χ2v) is 6.02. The standard InChI is InChI=1S/C18H19N7O3/c1-25(2)18(27)11-6-3-7-12(13(11)26)22-17-16(23-14(19)15(20)24-17)21-9-10-5-4-8-28-10/h3-8,26H,9H2,1-2H3,(H2,19,21,23)(H2,20,22,24). The van der Waals surface area contributed by atoms with E-state index >= 15 is 0 Å². The lowest BCUT2D eigenvalue weighted by atomic mass is 10.1. The van der Waals surface area contributed by atoms with E-state index < -0.39 is 0 Å². The Morgan fingerprint density at radius 2 is 1.86 bits per heavy atom. The number of para-hydroxylation sites is 1. The molecule has 2 aromatic rings. The molecule has 1 aromatic heterocycles. The number of hydrogen-bond acceptors (Lipinski definition) is 7. The second kappa shape index (κ2) is 7.74. The third-order valence-corrected chi connectivity index (χ3v) is 3.76. The molecule has 0 fully saturated rings. The minimum absolute atomic E-state index is 0.0119. The molecule has 0 aliphatic carbocycles. The summed E-state index contributed by atoms with van der Waals surface area (Å²) in [6, 6.07) is 8.14. The van der Waals surface area contributed by atoms with E-state index in [1.165, 1.54) is 23.3 Å². The number of aromatic hydroxyl groups is 1. The molecular weight excluding hydrogens is 362 g/mol. The Morgan fingerprint density at radius 3 is 2.50 bits per heavy atom. The highest BCUT2D eigenvalue weighted by Gasteiger charge is 2.20.